The van der Waals surface area contributed by atoms with E-state index in [2.05, 4.69) is 0 Å². The fraction of sp³-hybridized carbons (Fsp3) is 0.182. The molecule has 0 saturated carbocycles. The molecule has 90 valence electrons. The van der Waals surface area contributed by atoms with Crippen LogP contribution in [0.1, 0.15) is 0 Å². The third-order valence-corrected chi connectivity index (χ3v) is 2.42. The summed E-state index contributed by atoms with van der Waals surface area (Å²) in [5, 5.41) is -0.308. The lowest BCUT2D eigenvalue weighted by molar-refractivity contribution is 0.435. The first-order valence-electron chi connectivity index (χ1n) is 4.79. The third kappa shape index (κ3) is 1.79. The smallest absolute Gasteiger partial charge is 0.196 e. The van der Waals surface area contributed by atoms with Crippen molar-refractivity contribution in [2.24, 2.45) is 0 Å². The van der Waals surface area contributed by atoms with Crippen LogP contribution in [0, 0.1) is 17.5 Å². The fourth-order valence-corrected chi connectivity index (χ4v) is 1.65. The van der Waals surface area contributed by atoms with E-state index in [0.717, 1.165) is 16.8 Å². The van der Waals surface area contributed by atoms with Gasteiger partial charge in [-0.25, -0.2) is 17.6 Å². The minimum absolute atomic E-state index is 0.237. The second-order valence-electron chi connectivity index (χ2n) is 3.44. The molecule has 0 radical (unpaired) electrons. The summed E-state index contributed by atoms with van der Waals surface area (Å²) in [7, 11) is 0. The van der Waals surface area contributed by atoms with Crippen LogP contribution in [0.4, 0.5) is 17.6 Å². The Labute approximate surface area is 93.1 Å². The Morgan fingerprint density at radius 3 is 2.53 bits per heavy atom. The number of halogens is 4. The zero-order chi connectivity index (χ0) is 12.6. The van der Waals surface area contributed by atoms with Gasteiger partial charge in [0, 0.05) is 12.3 Å². The second-order valence-corrected chi connectivity index (χ2v) is 3.44. The van der Waals surface area contributed by atoms with Crippen molar-refractivity contribution in [3.8, 4) is 0 Å². The maximum absolute atomic E-state index is 13.5. The molecule has 2 rings (SSSR count). The average molecular weight is 245 g/mol. The maximum Gasteiger partial charge on any atom is 0.196 e. The van der Waals surface area contributed by atoms with Crippen LogP contribution >= 0.6 is 0 Å². The van der Waals surface area contributed by atoms with Gasteiger partial charge in [0.25, 0.3) is 0 Å². The average Bonchev–Trinajstić information content (AvgIpc) is 2.30. The Bertz CT molecular complexity index is 635. The third-order valence-electron chi connectivity index (χ3n) is 2.42. The molecule has 0 bridgehead atoms. The second kappa shape index (κ2) is 4.20. The van der Waals surface area contributed by atoms with Crippen LogP contribution in [0.3, 0.4) is 0 Å². The summed E-state index contributed by atoms with van der Waals surface area (Å²) in [5.74, 6) is -4.59. The van der Waals surface area contributed by atoms with Crippen molar-refractivity contribution in [3.63, 3.8) is 0 Å². The predicted molar refractivity (Wildman–Crippen MR) is 54.1 cm³/mol. The molecule has 2 aromatic rings. The van der Waals surface area contributed by atoms with Crippen molar-refractivity contribution in [1.82, 2.24) is 4.57 Å². The number of hydrogen-bond acceptors (Lipinski definition) is 1. The molecule has 0 fully saturated rings. The highest BCUT2D eigenvalue weighted by Gasteiger charge is 2.17. The number of alkyl halides is 1. The molecule has 1 aromatic heterocycles. The molecule has 0 saturated heterocycles. The van der Waals surface area contributed by atoms with Gasteiger partial charge in [-0.2, -0.15) is 0 Å². The van der Waals surface area contributed by atoms with E-state index >= 15 is 0 Å². The molecule has 0 aliphatic rings. The summed E-state index contributed by atoms with van der Waals surface area (Å²) in [4.78, 5) is 11.4. The minimum atomic E-state index is -1.67. The van der Waals surface area contributed by atoms with Gasteiger partial charge < -0.3 is 4.57 Å². The van der Waals surface area contributed by atoms with E-state index < -0.39 is 35.1 Å². The quantitative estimate of drug-likeness (QED) is 0.588. The summed E-state index contributed by atoms with van der Waals surface area (Å²) in [5.41, 5.74) is -1.07. The largest absolute Gasteiger partial charge is 0.342 e. The van der Waals surface area contributed by atoms with Crippen LogP contribution in [0.15, 0.2) is 23.1 Å². The van der Waals surface area contributed by atoms with E-state index in [1.807, 2.05) is 0 Å². The highest BCUT2D eigenvalue weighted by atomic mass is 19.2. The monoisotopic (exact) mass is 245 g/mol. The molecule has 1 aromatic carbocycles. The number of rotatable bonds is 2. The summed E-state index contributed by atoms with van der Waals surface area (Å²) in [6.45, 7) is -1.05. The minimum Gasteiger partial charge on any atom is -0.342 e. The van der Waals surface area contributed by atoms with Crippen LogP contribution in [0.25, 0.3) is 10.9 Å². The lowest BCUT2D eigenvalue weighted by atomic mass is 10.2. The SMILES string of the molecule is O=c1ccn(CCF)c2c(F)c(F)c(F)cc12. The van der Waals surface area contributed by atoms with Crippen molar-refractivity contribution in [2.45, 2.75) is 6.54 Å². The number of pyridine rings is 1. The van der Waals surface area contributed by atoms with Crippen molar-refractivity contribution < 1.29 is 17.6 Å². The number of aryl methyl sites for hydroxylation is 1. The zero-order valence-electron chi connectivity index (χ0n) is 8.51. The molecule has 0 amide bonds. The van der Waals surface area contributed by atoms with E-state index in [9.17, 15) is 22.4 Å². The van der Waals surface area contributed by atoms with Gasteiger partial charge in [-0.15, -0.1) is 0 Å². The lowest BCUT2D eigenvalue weighted by Crippen LogP contribution is -2.12. The first kappa shape index (κ1) is 11.6. The predicted octanol–water partition coefficient (Wildman–Crippen LogP) is 2.39. The molecule has 0 unspecified atom stereocenters. The molecule has 0 aliphatic carbocycles. The summed E-state index contributed by atoms with van der Waals surface area (Å²) >= 11 is 0. The van der Waals surface area contributed by atoms with Gasteiger partial charge >= 0.3 is 0 Å². The highest BCUT2D eigenvalue weighted by Crippen LogP contribution is 2.20. The molecule has 1 heterocycles. The van der Waals surface area contributed by atoms with Gasteiger partial charge in [0.15, 0.2) is 22.9 Å². The molecule has 17 heavy (non-hydrogen) atoms. The standard InChI is InChI=1S/C11H7F4NO/c12-2-4-16-3-1-8(17)6-5-7(13)9(14)10(15)11(6)16/h1,3,5H,2,4H2. The normalized spacial score (nSPS) is 11.1. The summed E-state index contributed by atoms with van der Waals surface area (Å²) in [6.07, 6.45) is 1.14. The Hall–Kier alpha value is -1.85. The van der Waals surface area contributed by atoms with Crippen LogP contribution in [0.5, 0.6) is 0 Å². The zero-order valence-corrected chi connectivity index (χ0v) is 8.51. The van der Waals surface area contributed by atoms with Crippen molar-refractivity contribution >= 4 is 10.9 Å². The molecule has 2 nitrogen and oxygen atoms in total. The van der Waals surface area contributed by atoms with Gasteiger partial charge in [0.1, 0.15) is 6.67 Å². The van der Waals surface area contributed by atoms with Crippen LogP contribution in [0.2, 0.25) is 0 Å². The molecular weight excluding hydrogens is 238 g/mol. The van der Waals surface area contributed by atoms with Gasteiger partial charge in [-0.05, 0) is 6.07 Å². The van der Waals surface area contributed by atoms with Gasteiger partial charge in [-0.1, -0.05) is 0 Å². The van der Waals surface area contributed by atoms with E-state index in [-0.39, 0.29) is 11.9 Å². The Morgan fingerprint density at radius 2 is 1.88 bits per heavy atom. The van der Waals surface area contributed by atoms with E-state index in [0.29, 0.717) is 6.07 Å². The number of nitrogens with zero attached hydrogens (tertiary/aromatic N) is 1. The summed E-state index contributed by atoms with van der Waals surface area (Å²) in [6, 6.07) is 1.67. The maximum atomic E-state index is 13.5. The summed E-state index contributed by atoms with van der Waals surface area (Å²) < 4.78 is 52.8. The van der Waals surface area contributed by atoms with Crippen molar-refractivity contribution in [2.75, 3.05) is 6.67 Å². The molecule has 0 spiro atoms. The molecule has 0 atom stereocenters. The number of benzene rings is 1. The van der Waals surface area contributed by atoms with Crippen LogP contribution in [-0.2, 0) is 6.54 Å². The lowest BCUT2D eigenvalue weighted by Gasteiger charge is -2.10. The number of fused-ring (bicyclic) bond motifs is 1. The van der Waals surface area contributed by atoms with Gasteiger partial charge in [0.05, 0.1) is 17.4 Å². The first-order chi connectivity index (χ1) is 8.06. The van der Waals surface area contributed by atoms with Crippen molar-refractivity contribution in [1.29, 1.82) is 0 Å². The Kier molecular flexibility index (Phi) is 2.87. The molecule has 6 heteroatoms. The number of aromatic nitrogens is 1. The van der Waals surface area contributed by atoms with E-state index in [1.165, 1.54) is 0 Å². The van der Waals surface area contributed by atoms with E-state index in [4.69, 9.17) is 0 Å². The van der Waals surface area contributed by atoms with Gasteiger partial charge in [-0.3, -0.25) is 4.79 Å². The van der Waals surface area contributed by atoms with Crippen LogP contribution < -0.4 is 5.43 Å². The van der Waals surface area contributed by atoms with Crippen molar-refractivity contribution in [3.05, 3.63) is 46.0 Å². The van der Waals surface area contributed by atoms with Gasteiger partial charge in [0.2, 0.25) is 0 Å². The first-order valence-corrected chi connectivity index (χ1v) is 4.79. The molecular formula is C11H7F4NO. The number of hydrogen-bond donors (Lipinski definition) is 0. The molecule has 0 aliphatic heterocycles. The van der Waals surface area contributed by atoms with Crippen LogP contribution in [-0.4, -0.2) is 11.2 Å². The highest BCUT2D eigenvalue weighted by molar-refractivity contribution is 5.79. The fourth-order valence-electron chi connectivity index (χ4n) is 1.65. The Balaban J connectivity index is 2.93. The van der Waals surface area contributed by atoms with E-state index in [1.54, 1.807) is 0 Å². The Morgan fingerprint density at radius 1 is 1.18 bits per heavy atom. The molecule has 0 N–H and O–H groups in total. The topological polar surface area (TPSA) is 22.0 Å².